The van der Waals surface area contributed by atoms with Gasteiger partial charge in [-0.05, 0) is 25.1 Å². The number of hydrogen-bond acceptors (Lipinski definition) is 4. The fraction of sp³-hybridized carbons (Fsp3) is 0.400. The molecule has 5 heteroatoms. The Labute approximate surface area is 87.8 Å². The van der Waals surface area contributed by atoms with Gasteiger partial charge in [-0.15, -0.1) is 0 Å². The molecular weight excluding hydrogens is 192 g/mol. The third kappa shape index (κ3) is 2.07. The van der Waals surface area contributed by atoms with Crippen LogP contribution < -0.4 is 10.5 Å². The Morgan fingerprint density at radius 1 is 1.33 bits per heavy atom. The van der Waals surface area contributed by atoms with Gasteiger partial charge in [0.15, 0.2) is 0 Å². The number of nitrogens with zero attached hydrogens (tertiary/aromatic N) is 3. The molecule has 0 bridgehead atoms. The molecule has 1 aromatic heterocycles. The van der Waals surface area contributed by atoms with Gasteiger partial charge in [-0.1, -0.05) is 0 Å². The summed E-state index contributed by atoms with van der Waals surface area (Å²) in [5.41, 5.74) is 7.16. The van der Waals surface area contributed by atoms with Crippen molar-refractivity contribution in [3.05, 3.63) is 18.2 Å². The highest BCUT2D eigenvalue weighted by molar-refractivity contribution is 5.75. The van der Waals surface area contributed by atoms with Gasteiger partial charge in [0.1, 0.15) is 16.8 Å². The van der Waals surface area contributed by atoms with E-state index in [0.29, 0.717) is 6.54 Å². The second-order valence-corrected chi connectivity index (χ2v) is 3.29. The Morgan fingerprint density at radius 3 is 2.87 bits per heavy atom. The lowest BCUT2D eigenvalue weighted by molar-refractivity contribution is 0.415. The third-order valence-electron chi connectivity index (χ3n) is 2.19. The Hall–Kier alpha value is -1.62. The fourth-order valence-electron chi connectivity index (χ4n) is 1.40. The Morgan fingerprint density at radius 2 is 2.13 bits per heavy atom. The summed E-state index contributed by atoms with van der Waals surface area (Å²) in [7, 11) is 1.64. The zero-order valence-corrected chi connectivity index (χ0v) is 8.68. The summed E-state index contributed by atoms with van der Waals surface area (Å²) in [6, 6.07) is 5.66. The van der Waals surface area contributed by atoms with Gasteiger partial charge in [0.2, 0.25) is 0 Å². The Balaban J connectivity index is 2.29. The van der Waals surface area contributed by atoms with Gasteiger partial charge in [-0.25, -0.2) is 0 Å². The Bertz CT molecular complexity index is 452. The summed E-state index contributed by atoms with van der Waals surface area (Å²) < 4.78 is 5.12. The number of nitrogens with two attached hydrogens (primary N) is 1. The van der Waals surface area contributed by atoms with Crippen molar-refractivity contribution in [1.29, 1.82) is 0 Å². The highest BCUT2D eigenvalue weighted by atomic mass is 16.5. The van der Waals surface area contributed by atoms with Gasteiger partial charge in [0.05, 0.1) is 13.7 Å². The van der Waals surface area contributed by atoms with Crippen LogP contribution in [0, 0.1) is 0 Å². The van der Waals surface area contributed by atoms with Crippen LogP contribution in [0.3, 0.4) is 0 Å². The molecule has 5 nitrogen and oxygen atoms in total. The molecule has 0 aliphatic rings. The molecule has 0 saturated carbocycles. The molecule has 0 radical (unpaired) electrons. The van der Waals surface area contributed by atoms with Crippen molar-refractivity contribution < 1.29 is 4.74 Å². The van der Waals surface area contributed by atoms with Gasteiger partial charge in [-0.3, -0.25) is 0 Å². The monoisotopic (exact) mass is 206 g/mol. The van der Waals surface area contributed by atoms with E-state index in [4.69, 9.17) is 10.5 Å². The molecule has 15 heavy (non-hydrogen) atoms. The minimum Gasteiger partial charge on any atom is -0.497 e. The maximum atomic E-state index is 5.43. The lowest BCUT2D eigenvalue weighted by Gasteiger charge is -1.95. The summed E-state index contributed by atoms with van der Waals surface area (Å²) in [5, 5.41) is 8.65. The predicted molar refractivity (Wildman–Crippen MR) is 57.8 cm³/mol. The lowest BCUT2D eigenvalue weighted by atomic mass is 10.3. The zero-order valence-electron chi connectivity index (χ0n) is 8.68. The van der Waals surface area contributed by atoms with Crippen LogP contribution in [0.25, 0.3) is 11.0 Å². The normalized spacial score (nSPS) is 10.8. The van der Waals surface area contributed by atoms with Crippen molar-refractivity contribution >= 4 is 11.0 Å². The number of fused-ring (bicyclic) bond motifs is 1. The second-order valence-electron chi connectivity index (χ2n) is 3.29. The van der Waals surface area contributed by atoms with Crippen LogP contribution in [0.15, 0.2) is 18.2 Å². The van der Waals surface area contributed by atoms with Gasteiger partial charge in [0, 0.05) is 6.07 Å². The van der Waals surface area contributed by atoms with E-state index in [1.54, 1.807) is 11.9 Å². The molecule has 80 valence electrons. The SMILES string of the molecule is COc1ccc2nn(CCCN)nc2c1. The molecule has 0 saturated heterocycles. The number of aryl methyl sites for hydroxylation is 1. The summed E-state index contributed by atoms with van der Waals surface area (Å²) in [6.45, 7) is 1.41. The predicted octanol–water partition coefficient (Wildman–Crippen LogP) is 0.789. The van der Waals surface area contributed by atoms with E-state index in [-0.39, 0.29) is 0 Å². The molecule has 1 aromatic carbocycles. The average Bonchev–Trinajstić information content (AvgIpc) is 2.67. The number of benzene rings is 1. The standard InChI is InChI=1S/C10H14N4O/c1-15-8-3-4-9-10(7-8)13-14(12-9)6-2-5-11/h3-4,7H,2,5-6,11H2,1H3. The maximum absolute atomic E-state index is 5.43. The van der Waals surface area contributed by atoms with Crippen molar-refractivity contribution in [1.82, 2.24) is 15.0 Å². The quantitative estimate of drug-likeness (QED) is 0.803. The summed E-state index contributed by atoms with van der Waals surface area (Å²) in [4.78, 5) is 1.68. The fourth-order valence-corrected chi connectivity index (χ4v) is 1.40. The second kappa shape index (κ2) is 4.27. The summed E-state index contributed by atoms with van der Waals surface area (Å²) in [6.07, 6.45) is 0.887. The van der Waals surface area contributed by atoms with E-state index in [1.807, 2.05) is 18.2 Å². The van der Waals surface area contributed by atoms with Crippen LogP contribution in [0.1, 0.15) is 6.42 Å². The van der Waals surface area contributed by atoms with E-state index in [1.165, 1.54) is 0 Å². The Kier molecular flexibility index (Phi) is 2.82. The van der Waals surface area contributed by atoms with Crippen LogP contribution in [-0.4, -0.2) is 28.6 Å². The topological polar surface area (TPSA) is 66.0 Å². The third-order valence-corrected chi connectivity index (χ3v) is 2.19. The van der Waals surface area contributed by atoms with E-state index >= 15 is 0 Å². The first-order chi connectivity index (χ1) is 7.33. The van der Waals surface area contributed by atoms with Gasteiger partial charge >= 0.3 is 0 Å². The molecule has 2 rings (SSSR count). The van der Waals surface area contributed by atoms with Crippen molar-refractivity contribution in [3.63, 3.8) is 0 Å². The number of aromatic nitrogens is 3. The molecule has 0 fully saturated rings. The van der Waals surface area contributed by atoms with Crippen molar-refractivity contribution in [2.45, 2.75) is 13.0 Å². The van der Waals surface area contributed by atoms with Crippen LogP contribution in [0.4, 0.5) is 0 Å². The number of hydrogen-bond donors (Lipinski definition) is 1. The van der Waals surface area contributed by atoms with E-state index in [9.17, 15) is 0 Å². The van der Waals surface area contributed by atoms with E-state index < -0.39 is 0 Å². The molecule has 2 aromatic rings. The summed E-state index contributed by atoms with van der Waals surface area (Å²) >= 11 is 0. The molecular formula is C10H14N4O. The maximum Gasteiger partial charge on any atom is 0.121 e. The molecule has 2 N–H and O–H groups in total. The van der Waals surface area contributed by atoms with Crippen LogP contribution in [0.2, 0.25) is 0 Å². The molecule has 0 atom stereocenters. The smallest absolute Gasteiger partial charge is 0.121 e. The largest absolute Gasteiger partial charge is 0.497 e. The number of ether oxygens (including phenoxy) is 1. The molecule has 0 unspecified atom stereocenters. The van der Waals surface area contributed by atoms with Crippen LogP contribution in [0.5, 0.6) is 5.75 Å². The van der Waals surface area contributed by atoms with Crippen LogP contribution >= 0.6 is 0 Å². The molecule has 1 heterocycles. The van der Waals surface area contributed by atoms with E-state index in [0.717, 1.165) is 29.7 Å². The zero-order chi connectivity index (χ0) is 10.7. The van der Waals surface area contributed by atoms with Gasteiger partial charge in [-0.2, -0.15) is 15.0 Å². The summed E-state index contributed by atoms with van der Waals surface area (Å²) in [5.74, 6) is 0.799. The number of methoxy groups -OCH3 is 1. The van der Waals surface area contributed by atoms with Crippen molar-refractivity contribution in [2.75, 3.05) is 13.7 Å². The average molecular weight is 206 g/mol. The first kappa shape index (κ1) is 9.92. The minimum absolute atomic E-state index is 0.654. The van der Waals surface area contributed by atoms with Crippen LogP contribution in [-0.2, 0) is 6.54 Å². The van der Waals surface area contributed by atoms with Crippen molar-refractivity contribution in [3.8, 4) is 5.75 Å². The first-order valence-electron chi connectivity index (χ1n) is 4.92. The molecule has 0 aliphatic carbocycles. The number of rotatable bonds is 4. The molecule has 0 spiro atoms. The lowest BCUT2D eigenvalue weighted by Crippen LogP contribution is -2.07. The van der Waals surface area contributed by atoms with E-state index in [2.05, 4.69) is 10.2 Å². The highest BCUT2D eigenvalue weighted by Crippen LogP contribution is 2.16. The van der Waals surface area contributed by atoms with Crippen molar-refractivity contribution in [2.24, 2.45) is 5.73 Å². The highest BCUT2D eigenvalue weighted by Gasteiger charge is 2.03. The first-order valence-corrected chi connectivity index (χ1v) is 4.92. The minimum atomic E-state index is 0.654. The van der Waals surface area contributed by atoms with Gasteiger partial charge < -0.3 is 10.5 Å². The molecule has 0 aliphatic heterocycles. The molecule has 0 amide bonds. The van der Waals surface area contributed by atoms with Gasteiger partial charge in [0.25, 0.3) is 0 Å².